The van der Waals surface area contributed by atoms with Gasteiger partial charge in [0.05, 0.1) is 0 Å². The van der Waals surface area contributed by atoms with Crippen molar-refractivity contribution in [3.05, 3.63) is 36.5 Å². The molecule has 4 nitrogen and oxygen atoms in total. The van der Waals surface area contributed by atoms with Crippen LogP contribution in [0, 0.1) is 0 Å². The normalized spacial score (nSPS) is 13.4. The average molecular weight is 338 g/mol. The van der Waals surface area contributed by atoms with Gasteiger partial charge in [0.15, 0.2) is 0 Å². The molecule has 0 bridgehead atoms. The molecule has 0 amide bonds. The molecular weight excluding hydrogens is 304 g/mol. The van der Waals surface area contributed by atoms with Crippen molar-refractivity contribution < 1.29 is 20.0 Å². The van der Waals surface area contributed by atoms with E-state index in [9.17, 15) is 4.79 Å². The topological polar surface area (TPSA) is 66.8 Å². The molecule has 0 radical (unpaired) electrons. The molecule has 0 aromatic heterocycles. The van der Waals surface area contributed by atoms with Gasteiger partial charge in [-0.05, 0) is 6.42 Å². The van der Waals surface area contributed by atoms with Gasteiger partial charge in [-0.15, -0.1) is 0 Å². The number of hydrogen-bond acceptors (Lipinski definition) is 3. The molecule has 2 N–H and O–H groups in total. The molecule has 0 saturated heterocycles. The van der Waals surface area contributed by atoms with E-state index in [-0.39, 0.29) is 6.10 Å². The Kier molecular flexibility index (Phi) is 16.9. The van der Waals surface area contributed by atoms with Crippen molar-refractivity contribution in [3.8, 4) is 0 Å². The molecule has 0 saturated carbocycles. The summed E-state index contributed by atoms with van der Waals surface area (Å²) < 4.78 is 0. The fraction of sp³-hybridized carbons (Fsp3) is 0.650. The highest BCUT2D eigenvalue weighted by Gasteiger charge is 2.03. The van der Waals surface area contributed by atoms with Gasteiger partial charge in [-0.2, -0.15) is 0 Å². The highest BCUT2D eigenvalue weighted by molar-refractivity contribution is 5.80. The minimum Gasteiger partial charge on any atom is -0.478 e. The standard InChI is InChI=1S/C20H34O4/c1-2-3-4-5-6-7-8-9-10-13-16-19(24-23)17-14-11-12-15-18-20(21)22/h11-12,14-15,17-19,23H,2-10,13,16H2,1H3,(H,21,22). The first-order chi connectivity index (χ1) is 11.7. The molecule has 0 aromatic carbocycles. The summed E-state index contributed by atoms with van der Waals surface area (Å²) in [5, 5.41) is 17.3. The van der Waals surface area contributed by atoms with Crippen LogP contribution < -0.4 is 0 Å². The summed E-state index contributed by atoms with van der Waals surface area (Å²) >= 11 is 0. The zero-order valence-corrected chi connectivity index (χ0v) is 15.0. The smallest absolute Gasteiger partial charge is 0.328 e. The number of rotatable bonds is 16. The molecule has 24 heavy (non-hydrogen) atoms. The Morgan fingerprint density at radius 3 is 1.96 bits per heavy atom. The Bertz CT molecular complexity index is 372. The van der Waals surface area contributed by atoms with E-state index >= 15 is 0 Å². The maximum Gasteiger partial charge on any atom is 0.328 e. The highest BCUT2D eigenvalue weighted by atomic mass is 17.1. The molecular formula is C20H34O4. The van der Waals surface area contributed by atoms with Crippen LogP contribution in [0.1, 0.15) is 77.6 Å². The quantitative estimate of drug-likeness (QED) is 0.121. The summed E-state index contributed by atoms with van der Waals surface area (Å²) in [6.45, 7) is 2.24. The molecule has 1 atom stereocenters. The molecule has 0 aliphatic rings. The van der Waals surface area contributed by atoms with Gasteiger partial charge in [-0.1, -0.05) is 102 Å². The van der Waals surface area contributed by atoms with Gasteiger partial charge in [0.25, 0.3) is 0 Å². The maximum atomic E-state index is 10.3. The van der Waals surface area contributed by atoms with E-state index in [0.29, 0.717) is 0 Å². The number of unbranched alkanes of at least 4 members (excludes halogenated alkanes) is 9. The first-order valence-corrected chi connectivity index (χ1v) is 9.25. The maximum absolute atomic E-state index is 10.3. The summed E-state index contributed by atoms with van der Waals surface area (Å²) in [7, 11) is 0. The second-order valence-electron chi connectivity index (χ2n) is 6.08. The number of carboxylic acid groups (broad SMARTS) is 1. The second-order valence-corrected chi connectivity index (χ2v) is 6.08. The lowest BCUT2D eigenvalue weighted by Crippen LogP contribution is -2.06. The minimum atomic E-state index is -0.971. The zero-order valence-electron chi connectivity index (χ0n) is 15.0. The minimum absolute atomic E-state index is 0.299. The van der Waals surface area contributed by atoms with Crippen LogP contribution in [0.25, 0.3) is 0 Å². The van der Waals surface area contributed by atoms with Crippen LogP contribution in [0.15, 0.2) is 36.5 Å². The number of allylic oxidation sites excluding steroid dienone is 4. The third kappa shape index (κ3) is 17.0. The van der Waals surface area contributed by atoms with Crippen molar-refractivity contribution in [2.75, 3.05) is 0 Å². The van der Waals surface area contributed by atoms with Crippen LogP contribution in [0.5, 0.6) is 0 Å². The number of hydrogen-bond donors (Lipinski definition) is 2. The Hall–Kier alpha value is -1.39. The van der Waals surface area contributed by atoms with Crippen molar-refractivity contribution in [2.24, 2.45) is 0 Å². The molecule has 138 valence electrons. The van der Waals surface area contributed by atoms with E-state index in [2.05, 4.69) is 11.8 Å². The summed E-state index contributed by atoms with van der Waals surface area (Å²) in [6.07, 6.45) is 22.7. The van der Waals surface area contributed by atoms with Crippen LogP contribution >= 0.6 is 0 Å². The first kappa shape index (κ1) is 22.6. The lowest BCUT2D eigenvalue weighted by molar-refractivity contribution is -0.267. The summed E-state index contributed by atoms with van der Waals surface area (Å²) in [6, 6.07) is 0. The molecule has 0 aromatic rings. The largest absolute Gasteiger partial charge is 0.478 e. The van der Waals surface area contributed by atoms with E-state index in [1.807, 2.05) is 0 Å². The molecule has 0 aliphatic heterocycles. The fourth-order valence-electron chi connectivity index (χ4n) is 2.47. The average Bonchev–Trinajstić information content (AvgIpc) is 2.57. The van der Waals surface area contributed by atoms with E-state index < -0.39 is 5.97 Å². The van der Waals surface area contributed by atoms with Crippen molar-refractivity contribution in [3.63, 3.8) is 0 Å². The number of carbonyl (C=O) groups is 1. The van der Waals surface area contributed by atoms with Gasteiger partial charge in [0, 0.05) is 6.08 Å². The number of aliphatic carboxylic acids is 1. The monoisotopic (exact) mass is 338 g/mol. The van der Waals surface area contributed by atoms with Crippen LogP contribution in [-0.2, 0) is 9.68 Å². The van der Waals surface area contributed by atoms with Crippen LogP contribution in [-0.4, -0.2) is 22.4 Å². The van der Waals surface area contributed by atoms with E-state index in [1.165, 1.54) is 63.9 Å². The molecule has 0 spiro atoms. The van der Waals surface area contributed by atoms with E-state index in [1.54, 1.807) is 24.3 Å². The van der Waals surface area contributed by atoms with Crippen LogP contribution in [0.2, 0.25) is 0 Å². The van der Waals surface area contributed by atoms with Gasteiger partial charge in [-0.3, -0.25) is 5.26 Å². The Morgan fingerprint density at radius 2 is 1.42 bits per heavy atom. The molecule has 0 rings (SSSR count). The summed E-state index contributed by atoms with van der Waals surface area (Å²) in [4.78, 5) is 14.7. The second kappa shape index (κ2) is 18.0. The van der Waals surface area contributed by atoms with Gasteiger partial charge in [0.2, 0.25) is 0 Å². The van der Waals surface area contributed by atoms with E-state index in [4.69, 9.17) is 10.4 Å². The fourth-order valence-corrected chi connectivity index (χ4v) is 2.47. The molecule has 4 heteroatoms. The lowest BCUT2D eigenvalue weighted by Gasteiger charge is -2.08. The highest BCUT2D eigenvalue weighted by Crippen LogP contribution is 2.13. The predicted molar refractivity (Wildman–Crippen MR) is 99.0 cm³/mol. The lowest BCUT2D eigenvalue weighted by atomic mass is 10.0. The molecule has 0 fully saturated rings. The van der Waals surface area contributed by atoms with Crippen molar-refractivity contribution in [2.45, 2.75) is 83.7 Å². The van der Waals surface area contributed by atoms with Gasteiger partial charge >= 0.3 is 5.97 Å². The molecule has 1 unspecified atom stereocenters. The van der Waals surface area contributed by atoms with Crippen LogP contribution in [0.3, 0.4) is 0 Å². The van der Waals surface area contributed by atoms with Gasteiger partial charge in [-0.25, -0.2) is 9.68 Å². The number of carboxylic acids is 1. The Morgan fingerprint density at radius 1 is 0.875 bits per heavy atom. The molecule has 0 aliphatic carbocycles. The Balaban J connectivity index is 3.59. The first-order valence-electron chi connectivity index (χ1n) is 9.25. The summed E-state index contributed by atoms with van der Waals surface area (Å²) in [5.74, 6) is -0.971. The van der Waals surface area contributed by atoms with Crippen molar-refractivity contribution >= 4 is 5.97 Å². The molecule has 0 heterocycles. The van der Waals surface area contributed by atoms with Gasteiger partial charge in [0.1, 0.15) is 6.10 Å². The van der Waals surface area contributed by atoms with Gasteiger partial charge < -0.3 is 5.11 Å². The zero-order chi connectivity index (χ0) is 17.9. The summed E-state index contributed by atoms with van der Waals surface area (Å²) in [5.41, 5.74) is 0. The predicted octanol–water partition coefficient (Wildman–Crippen LogP) is 5.91. The van der Waals surface area contributed by atoms with Crippen LogP contribution in [0.4, 0.5) is 0 Å². The third-order valence-electron chi connectivity index (χ3n) is 3.88. The third-order valence-corrected chi connectivity index (χ3v) is 3.88. The SMILES string of the molecule is CCCCCCCCCCCCC(C=CC=CC=CC(=O)O)OO. The van der Waals surface area contributed by atoms with Crippen molar-refractivity contribution in [1.82, 2.24) is 0 Å². The van der Waals surface area contributed by atoms with Crippen molar-refractivity contribution in [1.29, 1.82) is 0 Å². The van der Waals surface area contributed by atoms with E-state index in [0.717, 1.165) is 18.9 Å². The Labute approximate surface area is 146 Å².